The maximum Gasteiger partial charge on any atom is 0.220 e. The van der Waals surface area contributed by atoms with Gasteiger partial charge < -0.3 is 5.32 Å². The number of nitrogens with one attached hydrogen (secondary N) is 1. The highest BCUT2D eigenvalue weighted by Crippen LogP contribution is 2.35. The molecule has 1 atom stereocenters. The number of hydrogen-bond donors (Lipinski definition) is 1. The van der Waals surface area contributed by atoms with Gasteiger partial charge in [-0.25, -0.2) is 9.07 Å². The fraction of sp³-hybridized carbons (Fsp3) is 0.238. The third-order valence-electron chi connectivity index (χ3n) is 4.91. The van der Waals surface area contributed by atoms with E-state index in [1.807, 2.05) is 12.3 Å². The molecule has 4 rings (SSSR count). The van der Waals surface area contributed by atoms with E-state index in [-0.39, 0.29) is 11.7 Å². The van der Waals surface area contributed by atoms with Gasteiger partial charge in [0, 0.05) is 24.7 Å². The number of fused-ring (bicyclic) bond motifs is 1. The van der Waals surface area contributed by atoms with Gasteiger partial charge in [0.2, 0.25) is 5.91 Å². The molecule has 1 amide bonds. The zero-order chi connectivity index (χ0) is 17.9. The number of carbonyl (C=O) groups is 1. The summed E-state index contributed by atoms with van der Waals surface area (Å²) in [6.45, 7) is 0.439. The second-order valence-electron chi connectivity index (χ2n) is 6.68. The van der Waals surface area contributed by atoms with E-state index in [0.29, 0.717) is 18.9 Å². The number of carbonyl (C=O) groups excluding carboxylic acids is 1. The lowest BCUT2D eigenvalue weighted by Crippen LogP contribution is -2.24. The summed E-state index contributed by atoms with van der Waals surface area (Å²) >= 11 is 0. The van der Waals surface area contributed by atoms with Gasteiger partial charge in [-0.05, 0) is 54.2 Å². The lowest BCUT2D eigenvalue weighted by molar-refractivity contribution is -0.121. The maximum atomic E-state index is 13.0. The van der Waals surface area contributed by atoms with Crippen molar-refractivity contribution in [2.24, 2.45) is 0 Å². The third kappa shape index (κ3) is 3.52. The van der Waals surface area contributed by atoms with Gasteiger partial charge in [-0.3, -0.25) is 4.79 Å². The van der Waals surface area contributed by atoms with Crippen LogP contribution in [0.1, 0.15) is 35.4 Å². The normalized spacial score (nSPS) is 15.7. The number of amides is 1. The Kier molecular flexibility index (Phi) is 4.52. The number of benzene rings is 2. The van der Waals surface area contributed by atoms with Gasteiger partial charge in [0.05, 0.1) is 11.9 Å². The van der Waals surface area contributed by atoms with Crippen LogP contribution in [0.15, 0.2) is 60.9 Å². The predicted octanol–water partition coefficient (Wildman–Crippen LogP) is 3.75. The molecular formula is C21H20FN3O. The minimum atomic E-state index is -0.276. The first-order valence-electron chi connectivity index (χ1n) is 8.83. The summed E-state index contributed by atoms with van der Waals surface area (Å²) in [5, 5.41) is 7.25. The Morgan fingerprint density at radius 1 is 1.19 bits per heavy atom. The molecule has 0 spiro atoms. The highest BCUT2D eigenvalue weighted by Gasteiger charge is 2.24. The number of aromatic nitrogens is 2. The molecule has 1 aliphatic rings. The van der Waals surface area contributed by atoms with E-state index >= 15 is 0 Å². The molecule has 0 aliphatic heterocycles. The Labute approximate surface area is 151 Å². The Morgan fingerprint density at radius 3 is 2.85 bits per heavy atom. The molecule has 1 heterocycles. The lowest BCUT2D eigenvalue weighted by atomic mass is 9.97. The second kappa shape index (κ2) is 7.12. The van der Waals surface area contributed by atoms with E-state index in [2.05, 4.69) is 28.6 Å². The first-order valence-corrected chi connectivity index (χ1v) is 8.83. The highest BCUT2D eigenvalue weighted by atomic mass is 19.1. The molecule has 0 fully saturated rings. The van der Waals surface area contributed by atoms with Crippen LogP contribution in [0, 0.1) is 5.82 Å². The van der Waals surface area contributed by atoms with Crippen LogP contribution in [0.3, 0.4) is 0 Å². The van der Waals surface area contributed by atoms with E-state index in [1.165, 1.54) is 23.3 Å². The Balaban J connectivity index is 1.33. The minimum Gasteiger partial charge on any atom is -0.352 e. The van der Waals surface area contributed by atoms with Crippen LogP contribution in [-0.2, 0) is 17.8 Å². The van der Waals surface area contributed by atoms with Gasteiger partial charge in [-0.2, -0.15) is 5.10 Å². The summed E-state index contributed by atoms with van der Waals surface area (Å²) in [6, 6.07) is 14.5. The van der Waals surface area contributed by atoms with Crippen molar-refractivity contribution in [2.75, 3.05) is 0 Å². The Bertz CT molecular complexity index is 917. The average Bonchev–Trinajstić information content (AvgIpc) is 3.28. The Hall–Kier alpha value is -2.95. The van der Waals surface area contributed by atoms with Crippen molar-refractivity contribution in [1.29, 1.82) is 0 Å². The number of aryl methyl sites for hydroxylation is 1. The standard InChI is InChI=1S/C21H20FN3O/c22-18-7-9-19(10-8-18)25-14-15(13-24-25)12-23-21(26)11-17-6-5-16-3-1-2-4-20(16)17/h1-4,7-10,13-14,17H,5-6,11-12H2,(H,23,26)/t17-/m1/s1. The summed E-state index contributed by atoms with van der Waals surface area (Å²) in [5.41, 5.74) is 4.37. The lowest BCUT2D eigenvalue weighted by Gasteiger charge is -2.11. The number of nitrogens with zero attached hydrogens (tertiary/aromatic N) is 2. The van der Waals surface area contributed by atoms with Gasteiger partial charge in [0.15, 0.2) is 0 Å². The average molecular weight is 349 g/mol. The zero-order valence-electron chi connectivity index (χ0n) is 14.4. The number of hydrogen-bond acceptors (Lipinski definition) is 2. The summed E-state index contributed by atoms with van der Waals surface area (Å²) in [7, 11) is 0. The van der Waals surface area contributed by atoms with Gasteiger partial charge >= 0.3 is 0 Å². The van der Waals surface area contributed by atoms with Gasteiger partial charge in [-0.1, -0.05) is 24.3 Å². The van der Waals surface area contributed by atoms with Crippen molar-refractivity contribution in [3.8, 4) is 5.69 Å². The van der Waals surface area contributed by atoms with Gasteiger partial charge in [0.1, 0.15) is 5.82 Å². The molecule has 0 radical (unpaired) electrons. The zero-order valence-corrected chi connectivity index (χ0v) is 14.4. The first-order chi connectivity index (χ1) is 12.7. The van der Waals surface area contributed by atoms with Crippen LogP contribution in [0.5, 0.6) is 0 Å². The van der Waals surface area contributed by atoms with Gasteiger partial charge in [0.25, 0.3) is 0 Å². The molecule has 0 bridgehead atoms. The summed E-state index contributed by atoms with van der Waals surface area (Å²) in [5.74, 6) is 0.0938. The summed E-state index contributed by atoms with van der Waals surface area (Å²) < 4.78 is 14.7. The molecule has 0 unspecified atom stereocenters. The second-order valence-corrected chi connectivity index (χ2v) is 6.68. The Morgan fingerprint density at radius 2 is 2.00 bits per heavy atom. The molecule has 1 N–H and O–H groups in total. The molecule has 4 nitrogen and oxygen atoms in total. The van der Waals surface area contributed by atoms with Crippen molar-refractivity contribution in [3.05, 3.63) is 83.4 Å². The molecule has 3 aromatic rings. The summed E-state index contributed by atoms with van der Waals surface area (Å²) in [4.78, 5) is 12.3. The molecule has 1 aromatic heterocycles. The van der Waals surface area contributed by atoms with E-state index in [9.17, 15) is 9.18 Å². The van der Waals surface area contributed by atoms with Crippen LogP contribution in [0.25, 0.3) is 5.69 Å². The fourth-order valence-electron chi connectivity index (χ4n) is 3.54. The van der Waals surface area contributed by atoms with Crippen LogP contribution >= 0.6 is 0 Å². The SMILES string of the molecule is O=C(C[C@H]1CCc2ccccc21)NCc1cnn(-c2ccc(F)cc2)c1. The largest absolute Gasteiger partial charge is 0.352 e. The topological polar surface area (TPSA) is 46.9 Å². The van der Waals surface area contributed by atoms with Crippen molar-refractivity contribution in [3.63, 3.8) is 0 Å². The van der Waals surface area contributed by atoms with E-state index in [4.69, 9.17) is 0 Å². The monoisotopic (exact) mass is 349 g/mol. The predicted molar refractivity (Wildman–Crippen MR) is 97.5 cm³/mol. The minimum absolute atomic E-state index is 0.0567. The quantitative estimate of drug-likeness (QED) is 0.763. The van der Waals surface area contributed by atoms with Crippen molar-refractivity contribution in [2.45, 2.75) is 31.7 Å². The van der Waals surface area contributed by atoms with Crippen LogP contribution in [0.4, 0.5) is 4.39 Å². The highest BCUT2D eigenvalue weighted by molar-refractivity contribution is 5.77. The van der Waals surface area contributed by atoms with Crippen molar-refractivity contribution >= 4 is 5.91 Å². The fourth-order valence-corrected chi connectivity index (χ4v) is 3.54. The van der Waals surface area contributed by atoms with Crippen molar-refractivity contribution in [1.82, 2.24) is 15.1 Å². The number of rotatable bonds is 5. The van der Waals surface area contributed by atoms with Gasteiger partial charge in [-0.15, -0.1) is 0 Å². The maximum absolute atomic E-state index is 13.0. The molecular weight excluding hydrogens is 329 g/mol. The molecule has 0 saturated carbocycles. The van der Waals surface area contributed by atoms with E-state index in [1.54, 1.807) is 23.0 Å². The molecule has 2 aromatic carbocycles. The van der Waals surface area contributed by atoms with E-state index < -0.39 is 0 Å². The third-order valence-corrected chi connectivity index (χ3v) is 4.91. The first kappa shape index (κ1) is 16.5. The molecule has 26 heavy (non-hydrogen) atoms. The van der Waals surface area contributed by atoms with Crippen LogP contribution in [0.2, 0.25) is 0 Å². The van der Waals surface area contributed by atoms with E-state index in [0.717, 1.165) is 24.1 Å². The van der Waals surface area contributed by atoms with Crippen molar-refractivity contribution < 1.29 is 9.18 Å². The summed E-state index contributed by atoms with van der Waals surface area (Å²) in [6.07, 6.45) is 6.17. The molecule has 1 aliphatic carbocycles. The van der Waals surface area contributed by atoms with Crippen LogP contribution < -0.4 is 5.32 Å². The number of halogens is 1. The molecule has 5 heteroatoms. The van der Waals surface area contributed by atoms with Crippen LogP contribution in [-0.4, -0.2) is 15.7 Å². The smallest absolute Gasteiger partial charge is 0.220 e. The molecule has 0 saturated heterocycles. The molecule has 132 valence electrons.